The van der Waals surface area contributed by atoms with Crippen molar-refractivity contribution >= 4 is 0 Å². The fourth-order valence-corrected chi connectivity index (χ4v) is 2.17. The maximum absolute atomic E-state index is 9.21. The van der Waals surface area contributed by atoms with Crippen LogP contribution in [0.1, 0.15) is 41.5 Å². The van der Waals surface area contributed by atoms with Crippen molar-refractivity contribution in [3.63, 3.8) is 0 Å². The molecule has 9 nitrogen and oxygen atoms in total. The molecule has 0 rings (SSSR count). The van der Waals surface area contributed by atoms with Crippen molar-refractivity contribution in [1.29, 1.82) is 0 Å². The van der Waals surface area contributed by atoms with Crippen LogP contribution in [0.4, 0.5) is 0 Å². The van der Waals surface area contributed by atoms with E-state index in [4.69, 9.17) is 33.5 Å². The second-order valence-electron chi connectivity index (χ2n) is 7.94. The second kappa shape index (κ2) is 18.2. The van der Waals surface area contributed by atoms with Gasteiger partial charge in [-0.3, -0.25) is 0 Å². The molecule has 0 amide bonds. The Labute approximate surface area is 181 Å². The van der Waals surface area contributed by atoms with E-state index in [1.807, 2.05) is 34.6 Å². The molecule has 0 saturated heterocycles. The molecule has 0 radical (unpaired) electrons. The van der Waals surface area contributed by atoms with Crippen LogP contribution in [0.15, 0.2) is 0 Å². The minimum atomic E-state index is -0.860. The molecule has 7 unspecified atom stereocenters. The summed E-state index contributed by atoms with van der Waals surface area (Å²) >= 11 is 0. The highest BCUT2D eigenvalue weighted by molar-refractivity contribution is 4.58. The van der Waals surface area contributed by atoms with Crippen molar-refractivity contribution in [3.8, 4) is 0 Å². The first kappa shape index (κ1) is 29.6. The summed E-state index contributed by atoms with van der Waals surface area (Å²) in [6.07, 6.45) is -1.82. The highest BCUT2D eigenvalue weighted by Crippen LogP contribution is 2.04. The Morgan fingerprint density at radius 2 is 0.833 bits per heavy atom. The van der Waals surface area contributed by atoms with Gasteiger partial charge in [0, 0.05) is 0 Å². The van der Waals surface area contributed by atoms with Gasteiger partial charge in [-0.1, -0.05) is 0 Å². The highest BCUT2D eigenvalue weighted by Gasteiger charge is 2.13. The molecule has 0 fully saturated rings. The van der Waals surface area contributed by atoms with Crippen LogP contribution in [0.3, 0.4) is 0 Å². The average Bonchev–Trinajstić information content (AvgIpc) is 2.71. The summed E-state index contributed by atoms with van der Waals surface area (Å²) in [6.45, 7) is 13.4. The van der Waals surface area contributed by atoms with Crippen LogP contribution in [0, 0.1) is 0 Å². The van der Waals surface area contributed by atoms with Crippen molar-refractivity contribution in [2.24, 2.45) is 0 Å². The maximum Gasteiger partial charge on any atom is 0.100 e. The Hall–Kier alpha value is -0.360. The van der Waals surface area contributed by atoms with Crippen LogP contribution in [0.2, 0.25) is 0 Å². The third-order valence-corrected chi connectivity index (χ3v) is 3.96. The molecule has 3 N–H and O–H groups in total. The molecular weight excluding hydrogens is 396 g/mol. The van der Waals surface area contributed by atoms with Gasteiger partial charge in [-0.05, 0) is 41.5 Å². The van der Waals surface area contributed by atoms with Gasteiger partial charge in [0.2, 0.25) is 0 Å². The fourth-order valence-electron chi connectivity index (χ4n) is 2.17. The summed E-state index contributed by atoms with van der Waals surface area (Å²) in [6, 6.07) is 0. The highest BCUT2D eigenvalue weighted by atomic mass is 16.6. The molecule has 0 saturated carbocycles. The van der Waals surface area contributed by atoms with Gasteiger partial charge in [0.05, 0.1) is 89.5 Å². The first-order chi connectivity index (χ1) is 14.1. The van der Waals surface area contributed by atoms with E-state index in [9.17, 15) is 10.2 Å². The van der Waals surface area contributed by atoms with E-state index in [1.165, 1.54) is 0 Å². The number of hydrogen-bond acceptors (Lipinski definition) is 9. The summed E-state index contributed by atoms with van der Waals surface area (Å²) < 4.78 is 33.6. The van der Waals surface area contributed by atoms with E-state index in [0.717, 1.165) is 0 Å². The number of aliphatic hydroxyl groups excluding tert-OH is 3. The Bertz CT molecular complexity index is 383. The Morgan fingerprint density at radius 1 is 0.500 bits per heavy atom. The molecule has 9 heteroatoms. The fraction of sp³-hybridized carbons (Fsp3) is 1.00. The summed E-state index contributed by atoms with van der Waals surface area (Å²) in [4.78, 5) is 0. The monoisotopic (exact) mass is 440 g/mol. The van der Waals surface area contributed by atoms with Gasteiger partial charge in [-0.2, -0.15) is 0 Å². The van der Waals surface area contributed by atoms with Crippen molar-refractivity contribution < 1.29 is 43.7 Å². The van der Waals surface area contributed by atoms with Gasteiger partial charge in [0.15, 0.2) is 0 Å². The molecule has 0 spiro atoms. The Kier molecular flexibility index (Phi) is 18.0. The number of rotatable bonds is 20. The summed E-state index contributed by atoms with van der Waals surface area (Å²) in [7, 11) is 0. The molecular formula is C21H44O9. The van der Waals surface area contributed by atoms with E-state index < -0.39 is 12.2 Å². The van der Waals surface area contributed by atoms with Crippen molar-refractivity contribution in [2.75, 3.05) is 52.9 Å². The molecule has 182 valence electrons. The Balaban J connectivity index is 3.75. The molecule has 0 aliphatic rings. The lowest BCUT2D eigenvalue weighted by atomic mass is 10.3. The molecule has 0 aromatic carbocycles. The molecule has 0 aliphatic heterocycles. The van der Waals surface area contributed by atoms with E-state index in [-0.39, 0.29) is 43.7 Å². The van der Waals surface area contributed by atoms with E-state index in [2.05, 4.69) is 0 Å². The standard InChI is InChI=1S/C21H44O9/c1-15(23)8-26-17(3)10-28-19(5)12-30-20(6)13-29-18(4)11-27-16(2)9-25-14-21(24)7-22/h15-24H,7-14H2,1-6H3. The predicted molar refractivity (Wildman–Crippen MR) is 113 cm³/mol. The molecule has 7 atom stereocenters. The van der Waals surface area contributed by atoms with E-state index in [1.54, 1.807) is 6.92 Å². The van der Waals surface area contributed by atoms with Gasteiger partial charge >= 0.3 is 0 Å². The third-order valence-electron chi connectivity index (χ3n) is 3.96. The smallest absolute Gasteiger partial charge is 0.100 e. The Morgan fingerprint density at radius 3 is 1.17 bits per heavy atom. The maximum atomic E-state index is 9.21. The van der Waals surface area contributed by atoms with Crippen molar-refractivity contribution in [2.45, 2.75) is 84.3 Å². The molecule has 30 heavy (non-hydrogen) atoms. The van der Waals surface area contributed by atoms with Crippen LogP contribution >= 0.6 is 0 Å². The van der Waals surface area contributed by atoms with E-state index >= 15 is 0 Å². The number of hydrogen-bond donors (Lipinski definition) is 3. The largest absolute Gasteiger partial charge is 0.394 e. The third kappa shape index (κ3) is 18.4. The van der Waals surface area contributed by atoms with Crippen LogP contribution < -0.4 is 0 Å². The summed E-state index contributed by atoms with van der Waals surface area (Å²) in [5.74, 6) is 0. The van der Waals surface area contributed by atoms with Crippen molar-refractivity contribution in [1.82, 2.24) is 0 Å². The predicted octanol–water partition coefficient (Wildman–Crippen LogP) is 0.763. The molecule has 0 aromatic heterocycles. The zero-order chi connectivity index (χ0) is 22.9. The van der Waals surface area contributed by atoms with Crippen LogP contribution in [0.25, 0.3) is 0 Å². The van der Waals surface area contributed by atoms with Gasteiger partial charge in [-0.15, -0.1) is 0 Å². The zero-order valence-corrected chi connectivity index (χ0v) is 19.5. The SMILES string of the molecule is CC(O)COC(C)COC(C)COC(C)COC(C)COC(C)COCC(O)CO. The first-order valence-corrected chi connectivity index (χ1v) is 10.8. The topological polar surface area (TPSA) is 116 Å². The number of ether oxygens (including phenoxy) is 6. The average molecular weight is 441 g/mol. The molecule has 0 bridgehead atoms. The zero-order valence-electron chi connectivity index (χ0n) is 19.5. The van der Waals surface area contributed by atoms with Crippen molar-refractivity contribution in [3.05, 3.63) is 0 Å². The van der Waals surface area contributed by atoms with Crippen LogP contribution in [-0.2, 0) is 28.4 Å². The molecule has 0 aromatic rings. The lowest BCUT2D eigenvalue weighted by molar-refractivity contribution is -0.103. The summed E-state index contributed by atoms with van der Waals surface area (Å²) in [5.41, 5.74) is 0. The van der Waals surface area contributed by atoms with Crippen LogP contribution in [-0.4, -0.2) is 111 Å². The van der Waals surface area contributed by atoms with Gasteiger partial charge < -0.3 is 43.7 Å². The minimum absolute atomic E-state index is 0.0731. The lowest BCUT2D eigenvalue weighted by Crippen LogP contribution is -2.30. The normalized spacial score (nSPS) is 19.1. The lowest BCUT2D eigenvalue weighted by Gasteiger charge is -2.22. The summed E-state index contributed by atoms with van der Waals surface area (Å²) in [5, 5.41) is 27.1. The van der Waals surface area contributed by atoms with Gasteiger partial charge in [0.1, 0.15) is 6.10 Å². The van der Waals surface area contributed by atoms with Gasteiger partial charge in [-0.25, -0.2) is 0 Å². The number of aliphatic hydroxyl groups is 3. The minimum Gasteiger partial charge on any atom is -0.394 e. The quantitative estimate of drug-likeness (QED) is 0.252. The molecule has 0 aliphatic carbocycles. The van der Waals surface area contributed by atoms with Crippen LogP contribution in [0.5, 0.6) is 0 Å². The van der Waals surface area contributed by atoms with Gasteiger partial charge in [0.25, 0.3) is 0 Å². The van der Waals surface area contributed by atoms with E-state index in [0.29, 0.717) is 39.6 Å². The first-order valence-electron chi connectivity index (χ1n) is 10.8. The molecule has 0 heterocycles. The second-order valence-corrected chi connectivity index (χ2v) is 7.94.